The standard InChI is InChI=1S/3C16H31N/c3*1-12(2)17-10-16(11-17)8-7-14(13(3)9-16)15(4,5)6/h3*12-14H,7-11H2,1-6H3/t2*13-,14?;/m10./s1. The topological polar surface area (TPSA) is 9.72 Å². The van der Waals surface area contributed by atoms with Gasteiger partial charge in [0.15, 0.2) is 0 Å². The van der Waals surface area contributed by atoms with E-state index in [2.05, 4.69) is 139 Å². The molecule has 6 aliphatic rings. The van der Waals surface area contributed by atoms with Gasteiger partial charge in [-0.05, 0) is 167 Å². The molecule has 3 heterocycles. The highest BCUT2D eigenvalue weighted by molar-refractivity contribution is 5.04. The molecule has 0 bridgehead atoms. The van der Waals surface area contributed by atoms with E-state index in [1.807, 2.05) is 0 Å². The molecule has 300 valence electrons. The molecule has 51 heavy (non-hydrogen) atoms. The number of likely N-dealkylation sites (tertiary alicyclic amines) is 3. The van der Waals surface area contributed by atoms with Gasteiger partial charge >= 0.3 is 0 Å². The third kappa shape index (κ3) is 10.4. The van der Waals surface area contributed by atoms with Gasteiger partial charge in [0.1, 0.15) is 0 Å². The summed E-state index contributed by atoms with van der Waals surface area (Å²) in [4.78, 5) is 7.93. The largest absolute Gasteiger partial charge is 0.300 e. The molecule has 3 nitrogen and oxygen atoms in total. The third-order valence-electron chi connectivity index (χ3n) is 16.0. The molecule has 0 radical (unpaired) electrons. The SMILES string of the molecule is CC(C)N1CC2(CCC(C(C)(C)C)[C@@H](C)C2)C1.CC(C)N1CC2(CCC(C(C)(C)C)[C@H](C)C2)C1.CC1CC2(CCC1C(C)(C)C)CN(C(C)C)C2. The monoisotopic (exact) mass is 712 g/mol. The summed E-state index contributed by atoms with van der Waals surface area (Å²) in [5.74, 6) is 5.54. The molecule has 3 aliphatic heterocycles. The van der Waals surface area contributed by atoms with Crippen LogP contribution in [0.1, 0.15) is 182 Å². The van der Waals surface area contributed by atoms with Gasteiger partial charge < -0.3 is 0 Å². The van der Waals surface area contributed by atoms with Gasteiger partial charge in [0.25, 0.3) is 0 Å². The highest BCUT2D eigenvalue weighted by atomic mass is 15.2. The van der Waals surface area contributed by atoms with E-state index in [9.17, 15) is 0 Å². The van der Waals surface area contributed by atoms with Crippen LogP contribution < -0.4 is 0 Å². The first-order valence-electron chi connectivity index (χ1n) is 22.4. The lowest BCUT2D eigenvalue weighted by atomic mass is 9.57. The second kappa shape index (κ2) is 15.8. The zero-order valence-corrected chi connectivity index (χ0v) is 38.1. The van der Waals surface area contributed by atoms with Crippen LogP contribution in [0.5, 0.6) is 0 Å². The zero-order valence-electron chi connectivity index (χ0n) is 38.1. The summed E-state index contributed by atoms with van der Waals surface area (Å²) in [5.41, 5.74) is 3.61. The average Bonchev–Trinajstić information content (AvgIpc) is 2.91. The predicted octanol–water partition coefficient (Wildman–Crippen LogP) is 12.5. The minimum Gasteiger partial charge on any atom is -0.300 e. The molecule has 0 N–H and O–H groups in total. The lowest BCUT2D eigenvalue weighted by Crippen LogP contribution is -2.61. The third-order valence-corrected chi connectivity index (χ3v) is 16.0. The lowest BCUT2D eigenvalue weighted by molar-refractivity contribution is -0.0839. The Bertz CT molecular complexity index is 941. The molecule has 6 rings (SSSR count). The van der Waals surface area contributed by atoms with Crippen LogP contribution in [0.15, 0.2) is 0 Å². The number of hydrogen-bond acceptors (Lipinski definition) is 3. The normalized spacial score (nSPS) is 34.1. The first-order valence-corrected chi connectivity index (χ1v) is 22.4. The summed E-state index contributed by atoms with van der Waals surface area (Å²) >= 11 is 0. The molecule has 3 saturated heterocycles. The van der Waals surface area contributed by atoms with Crippen LogP contribution in [0, 0.1) is 68.0 Å². The van der Waals surface area contributed by atoms with E-state index in [-0.39, 0.29) is 0 Å². The Hall–Kier alpha value is -0.120. The van der Waals surface area contributed by atoms with Gasteiger partial charge in [0, 0.05) is 57.4 Å². The van der Waals surface area contributed by atoms with Gasteiger partial charge in [-0.1, -0.05) is 83.1 Å². The summed E-state index contributed by atoms with van der Waals surface area (Å²) in [5, 5.41) is 0. The quantitative estimate of drug-likeness (QED) is 0.289. The fraction of sp³-hybridized carbons (Fsp3) is 1.00. The van der Waals surface area contributed by atoms with Gasteiger partial charge in [-0.15, -0.1) is 0 Å². The molecule has 6 atom stereocenters. The Balaban J connectivity index is 0.000000172. The number of rotatable bonds is 3. The second-order valence-corrected chi connectivity index (χ2v) is 24.6. The molecular formula is C48H93N3. The fourth-order valence-electron chi connectivity index (χ4n) is 13.3. The van der Waals surface area contributed by atoms with E-state index < -0.39 is 0 Å². The number of hydrogen-bond donors (Lipinski definition) is 0. The van der Waals surface area contributed by atoms with Crippen LogP contribution in [0.2, 0.25) is 0 Å². The van der Waals surface area contributed by atoms with Crippen molar-refractivity contribution in [3.63, 3.8) is 0 Å². The van der Waals surface area contributed by atoms with E-state index >= 15 is 0 Å². The molecule has 4 unspecified atom stereocenters. The molecule has 3 spiro atoms. The van der Waals surface area contributed by atoms with E-state index in [0.29, 0.717) is 32.5 Å². The molecule has 3 saturated carbocycles. The van der Waals surface area contributed by atoms with Crippen molar-refractivity contribution in [2.24, 2.45) is 68.0 Å². The molecule has 3 heteroatoms. The van der Waals surface area contributed by atoms with Crippen molar-refractivity contribution in [3.8, 4) is 0 Å². The van der Waals surface area contributed by atoms with Crippen LogP contribution in [-0.2, 0) is 0 Å². The molecular weight excluding hydrogens is 619 g/mol. The van der Waals surface area contributed by atoms with Crippen LogP contribution in [-0.4, -0.2) is 72.1 Å². The summed E-state index contributed by atoms with van der Waals surface area (Å²) < 4.78 is 0. The van der Waals surface area contributed by atoms with Crippen molar-refractivity contribution in [2.45, 2.75) is 201 Å². The van der Waals surface area contributed by atoms with Crippen LogP contribution in [0.25, 0.3) is 0 Å². The summed E-state index contributed by atoms with van der Waals surface area (Å²) in [7, 11) is 0. The molecule has 0 aromatic heterocycles. The van der Waals surface area contributed by atoms with Gasteiger partial charge in [-0.3, -0.25) is 14.7 Å². The smallest absolute Gasteiger partial charge is 0.00533 e. The Labute approximate surface area is 321 Å². The van der Waals surface area contributed by atoms with Crippen LogP contribution >= 0.6 is 0 Å². The van der Waals surface area contributed by atoms with Gasteiger partial charge in [0.05, 0.1) is 0 Å². The molecule has 6 fully saturated rings. The summed E-state index contributed by atoms with van der Waals surface area (Å²) in [6, 6.07) is 2.24. The van der Waals surface area contributed by atoms with Crippen molar-refractivity contribution >= 4 is 0 Å². The summed E-state index contributed by atoms with van der Waals surface area (Å²) in [6.45, 7) is 51.5. The summed E-state index contributed by atoms with van der Waals surface area (Å²) in [6.07, 6.45) is 13.2. The van der Waals surface area contributed by atoms with E-state index in [4.69, 9.17) is 0 Å². The van der Waals surface area contributed by atoms with Crippen LogP contribution in [0.4, 0.5) is 0 Å². The zero-order chi connectivity index (χ0) is 38.5. The van der Waals surface area contributed by atoms with Gasteiger partial charge in [0.2, 0.25) is 0 Å². The minimum absolute atomic E-state index is 0.502. The highest BCUT2D eigenvalue weighted by Gasteiger charge is 2.52. The maximum absolute atomic E-state index is 2.64. The first-order chi connectivity index (χ1) is 23.2. The number of nitrogens with zero attached hydrogens (tertiary/aromatic N) is 3. The molecule has 0 aromatic rings. The van der Waals surface area contributed by atoms with Crippen molar-refractivity contribution in [1.29, 1.82) is 0 Å². The van der Waals surface area contributed by atoms with Crippen molar-refractivity contribution in [1.82, 2.24) is 14.7 Å². The average molecular weight is 712 g/mol. The minimum atomic E-state index is 0.502. The Morgan fingerprint density at radius 2 is 0.588 bits per heavy atom. The first kappa shape index (κ1) is 43.6. The van der Waals surface area contributed by atoms with Crippen molar-refractivity contribution in [3.05, 3.63) is 0 Å². The van der Waals surface area contributed by atoms with Crippen molar-refractivity contribution < 1.29 is 0 Å². The molecule has 3 aliphatic carbocycles. The Morgan fingerprint density at radius 1 is 0.392 bits per heavy atom. The molecule has 0 aromatic carbocycles. The maximum Gasteiger partial charge on any atom is 0.00533 e. The highest BCUT2D eigenvalue weighted by Crippen LogP contribution is 2.55. The van der Waals surface area contributed by atoms with E-state index in [0.717, 1.165) is 53.6 Å². The van der Waals surface area contributed by atoms with Gasteiger partial charge in [-0.25, -0.2) is 0 Å². The van der Waals surface area contributed by atoms with E-state index in [1.165, 1.54) is 97.1 Å². The molecule has 0 amide bonds. The Kier molecular flexibility index (Phi) is 13.5. The van der Waals surface area contributed by atoms with Crippen molar-refractivity contribution in [2.75, 3.05) is 39.3 Å². The Morgan fingerprint density at radius 3 is 0.725 bits per heavy atom. The predicted molar refractivity (Wildman–Crippen MR) is 225 cm³/mol. The van der Waals surface area contributed by atoms with E-state index in [1.54, 1.807) is 0 Å². The fourth-order valence-corrected chi connectivity index (χ4v) is 13.3. The van der Waals surface area contributed by atoms with Crippen LogP contribution in [0.3, 0.4) is 0 Å². The maximum atomic E-state index is 2.64. The van der Waals surface area contributed by atoms with Gasteiger partial charge in [-0.2, -0.15) is 0 Å². The lowest BCUT2D eigenvalue weighted by Gasteiger charge is -2.58. The second-order valence-electron chi connectivity index (χ2n) is 24.6.